The van der Waals surface area contributed by atoms with Crippen LogP contribution < -0.4 is 4.74 Å². The number of nitrogens with zero attached hydrogens (tertiary/aromatic N) is 1. The lowest BCUT2D eigenvalue weighted by Crippen LogP contribution is -2.38. The molecule has 0 aliphatic carbocycles. The van der Waals surface area contributed by atoms with Gasteiger partial charge < -0.3 is 9.64 Å². The first-order valence-corrected chi connectivity index (χ1v) is 8.11. The fourth-order valence-corrected chi connectivity index (χ4v) is 2.60. The molecule has 0 spiro atoms. The Morgan fingerprint density at radius 2 is 1.74 bits per heavy atom. The van der Waals surface area contributed by atoms with E-state index in [-0.39, 0.29) is 11.9 Å². The highest BCUT2D eigenvalue weighted by atomic mass is 16.5. The van der Waals surface area contributed by atoms with Crippen LogP contribution in [0, 0.1) is 0 Å². The van der Waals surface area contributed by atoms with Crippen LogP contribution in [0.1, 0.15) is 31.4 Å². The summed E-state index contributed by atoms with van der Waals surface area (Å²) in [6, 6.07) is 18.0. The van der Waals surface area contributed by atoms with Crippen LogP contribution in [0.25, 0.3) is 0 Å². The number of hydrogen-bond donors (Lipinski definition) is 0. The summed E-state index contributed by atoms with van der Waals surface area (Å²) in [6.07, 6.45) is 1.30. The van der Waals surface area contributed by atoms with Gasteiger partial charge >= 0.3 is 0 Å². The van der Waals surface area contributed by atoms with Crippen LogP contribution in [0.4, 0.5) is 0 Å². The summed E-state index contributed by atoms with van der Waals surface area (Å²) in [5, 5.41) is 0. The van der Waals surface area contributed by atoms with Crippen molar-refractivity contribution in [1.29, 1.82) is 0 Å². The largest absolute Gasteiger partial charge is 0.496 e. The molecule has 1 unspecified atom stereocenters. The van der Waals surface area contributed by atoms with Crippen molar-refractivity contribution >= 4 is 5.91 Å². The first kappa shape index (κ1) is 17.1. The standard InChI is InChI=1S/C20H25NO2/c1-4-16(2)21(15-17-10-6-5-7-11-17)20(22)14-18-12-8-9-13-19(18)23-3/h5-13,16H,4,14-15H2,1-3H3. The van der Waals surface area contributed by atoms with Crippen molar-refractivity contribution in [2.45, 2.75) is 39.3 Å². The number of hydrogen-bond acceptors (Lipinski definition) is 2. The molecule has 0 bridgehead atoms. The van der Waals surface area contributed by atoms with Crippen LogP contribution in [0.15, 0.2) is 54.6 Å². The first-order valence-electron chi connectivity index (χ1n) is 8.11. The quantitative estimate of drug-likeness (QED) is 0.771. The summed E-state index contributed by atoms with van der Waals surface area (Å²) in [5.74, 6) is 0.900. The van der Waals surface area contributed by atoms with Crippen LogP contribution in [0.5, 0.6) is 5.75 Å². The molecular weight excluding hydrogens is 286 g/mol. The van der Waals surface area contributed by atoms with Gasteiger partial charge in [-0.2, -0.15) is 0 Å². The zero-order valence-electron chi connectivity index (χ0n) is 14.2. The fraction of sp³-hybridized carbons (Fsp3) is 0.350. The zero-order chi connectivity index (χ0) is 16.7. The van der Waals surface area contributed by atoms with E-state index in [0.717, 1.165) is 23.3 Å². The van der Waals surface area contributed by atoms with E-state index in [0.29, 0.717) is 13.0 Å². The van der Waals surface area contributed by atoms with Crippen molar-refractivity contribution in [3.05, 3.63) is 65.7 Å². The summed E-state index contributed by atoms with van der Waals surface area (Å²) in [7, 11) is 1.64. The van der Waals surface area contributed by atoms with E-state index in [2.05, 4.69) is 26.0 Å². The van der Waals surface area contributed by atoms with Gasteiger partial charge in [-0.05, 0) is 25.0 Å². The molecule has 2 rings (SSSR count). The molecule has 3 heteroatoms. The van der Waals surface area contributed by atoms with Crippen molar-refractivity contribution < 1.29 is 9.53 Å². The lowest BCUT2D eigenvalue weighted by atomic mass is 10.1. The van der Waals surface area contributed by atoms with Gasteiger partial charge in [0.15, 0.2) is 0 Å². The monoisotopic (exact) mass is 311 g/mol. The number of ether oxygens (including phenoxy) is 1. The maximum absolute atomic E-state index is 12.9. The molecule has 0 fully saturated rings. The topological polar surface area (TPSA) is 29.5 Å². The third-order valence-corrected chi connectivity index (χ3v) is 4.17. The van der Waals surface area contributed by atoms with E-state index in [1.54, 1.807) is 7.11 Å². The Hall–Kier alpha value is -2.29. The van der Waals surface area contributed by atoms with Gasteiger partial charge in [-0.25, -0.2) is 0 Å². The Balaban J connectivity index is 2.16. The molecule has 0 heterocycles. The van der Waals surface area contributed by atoms with Crippen molar-refractivity contribution in [2.24, 2.45) is 0 Å². The summed E-state index contributed by atoms with van der Waals surface area (Å²) >= 11 is 0. The van der Waals surface area contributed by atoms with E-state index in [4.69, 9.17) is 4.74 Å². The van der Waals surface area contributed by atoms with E-state index >= 15 is 0 Å². The van der Waals surface area contributed by atoms with Gasteiger partial charge in [0.25, 0.3) is 0 Å². The van der Waals surface area contributed by atoms with Crippen LogP contribution in [-0.4, -0.2) is 24.0 Å². The summed E-state index contributed by atoms with van der Waals surface area (Å²) in [6.45, 7) is 4.85. The predicted molar refractivity (Wildman–Crippen MR) is 93.4 cm³/mol. The molecule has 1 atom stereocenters. The van der Waals surface area contributed by atoms with Crippen LogP contribution in [-0.2, 0) is 17.8 Å². The molecule has 0 aromatic heterocycles. The average Bonchev–Trinajstić information content (AvgIpc) is 2.60. The highest BCUT2D eigenvalue weighted by Gasteiger charge is 2.20. The van der Waals surface area contributed by atoms with E-state index in [9.17, 15) is 4.79 Å². The Morgan fingerprint density at radius 3 is 2.39 bits per heavy atom. The van der Waals surface area contributed by atoms with E-state index in [1.165, 1.54) is 0 Å². The molecule has 0 N–H and O–H groups in total. The van der Waals surface area contributed by atoms with Gasteiger partial charge in [0.05, 0.1) is 13.5 Å². The van der Waals surface area contributed by atoms with Gasteiger partial charge in [0.2, 0.25) is 5.91 Å². The van der Waals surface area contributed by atoms with Crippen molar-refractivity contribution in [3.63, 3.8) is 0 Å². The number of benzene rings is 2. The molecule has 23 heavy (non-hydrogen) atoms. The molecule has 3 nitrogen and oxygen atoms in total. The summed E-state index contributed by atoms with van der Waals surface area (Å²) in [4.78, 5) is 14.8. The molecule has 2 aromatic rings. The lowest BCUT2D eigenvalue weighted by molar-refractivity contribution is -0.133. The highest BCUT2D eigenvalue weighted by Crippen LogP contribution is 2.20. The Bertz CT molecular complexity index is 625. The summed E-state index contributed by atoms with van der Waals surface area (Å²) in [5.41, 5.74) is 2.09. The first-order chi connectivity index (χ1) is 11.2. The number of amides is 1. The normalized spacial score (nSPS) is 11.8. The number of carbonyl (C=O) groups excluding carboxylic acids is 1. The number of para-hydroxylation sites is 1. The second-order valence-corrected chi connectivity index (χ2v) is 5.75. The number of methoxy groups -OCH3 is 1. The summed E-state index contributed by atoms with van der Waals surface area (Å²) < 4.78 is 5.36. The van der Waals surface area contributed by atoms with Gasteiger partial charge in [0, 0.05) is 18.2 Å². The van der Waals surface area contributed by atoms with Crippen LogP contribution in [0.2, 0.25) is 0 Å². The average molecular weight is 311 g/mol. The second kappa shape index (κ2) is 8.37. The fourth-order valence-electron chi connectivity index (χ4n) is 2.60. The smallest absolute Gasteiger partial charge is 0.227 e. The van der Waals surface area contributed by atoms with Gasteiger partial charge in [0.1, 0.15) is 5.75 Å². The SMILES string of the molecule is CCC(C)N(Cc1ccccc1)C(=O)Cc1ccccc1OC. The Labute approximate surface area is 138 Å². The third-order valence-electron chi connectivity index (χ3n) is 4.17. The lowest BCUT2D eigenvalue weighted by Gasteiger charge is -2.29. The maximum Gasteiger partial charge on any atom is 0.227 e. The Kier molecular flexibility index (Phi) is 6.21. The zero-order valence-corrected chi connectivity index (χ0v) is 14.2. The molecule has 0 saturated carbocycles. The molecule has 0 aliphatic rings. The van der Waals surface area contributed by atoms with Crippen LogP contribution in [0.3, 0.4) is 0 Å². The maximum atomic E-state index is 12.9. The minimum absolute atomic E-state index is 0.132. The highest BCUT2D eigenvalue weighted by molar-refractivity contribution is 5.79. The van der Waals surface area contributed by atoms with Crippen molar-refractivity contribution in [1.82, 2.24) is 4.90 Å². The minimum atomic E-state index is 0.132. The molecule has 0 radical (unpaired) electrons. The van der Waals surface area contributed by atoms with Crippen molar-refractivity contribution in [2.75, 3.05) is 7.11 Å². The van der Waals surface area contributed by atoms with Crippen molar-refractivity contribution in [3.8, 4) is 5.75 Å². The molecular formula is C20H25NO2. The van der Waals surface area contributed by atoms with Gasteiger partial charge in [-0.15, -0.1) is 0 Å². The molecule has 0 aliphatic heterocycles. The number of carbonyl (C=O) groups is 1. The minimum Gasteiger partial charge on any atom is -0.496 e. The van der Waals surface area contributed by atoms with E-state index < -0.39 is 0 Å². The Morgan fingerprint density at radius 1 is 1.09 bits per heavy atom. The molecule has 122 valence electrons. The molecule has 1 amide bonds. The van der Waals surface area contributed by atoms with E-state index in [1.807, 2.05) is 47.4 Å². The molecule has 0 saturated heterocycles. The second-order valence-electron chi connectivity index (χ2n) is 5.75. The number of rotatable bonds is 7. The predicted octanol–water partition coefficient (Wildman–Crippen LogP) is 4.07. The van der Waals surface area contributed by atoms with Gasteiger partial charge in [-0.1, -0.05) is 55.5 Å². The third kappa shape index (κ3) is 4.59. The molecule has 2 aromatic carbocycles. The van der Waals surface area contributed by atoms with Crippen LogP contribution >= 0.6 is 0 Å². The van der Waals surface area contributed by atoms with Gasteiger partial charge in [-0.3, -0.25) is 4.79 Å².